The van der Waals surface area contributed by atoms with E-state index in [0.29, 0.717) is 0 Å². The molecule has 0 fully saturated rings. The minimum atomic E-state index is -0.864. The highest BCUT2D eigenvalue weighted by Gasteiger charge is 2.21. The van der Waals surface area contributed by atoms with Gasteiger partial charge in [-0.15, -0.1) is 0 Å². The van der Waals surface area contributed by atoms with Gasteiger partial charge in [0.05, 0.1) is 0 Å². The lowest BCUT2D eigenvalue weighted by Gasteiger charge is -2.20. The van der Waals surface area contributed by atoms with Crippen LogP contribution >= 0.6 is 0 Å². The molecular weight excluding hydrogens is 609 g/mol. The van der Waals surface area contributed by atoms with Crippen molar-refractivity contribution < 1.29 is 10.2 Å². The third-order valence-electron chi connectivity index (χ3n) is 11.1. The maximum Gasteiger partial charge on any atom is 0.104 e. The lowest BCUT2D eigenvalue weighted by molar-refractivity contribution is 0.214. The summed E-state index contributed by atoms with van der Waals surface area (Å²) in [7, 11) is 0. The Morgan fingerprint density at radius 2 is 0.820 bits per heavy atom. The van der Waals surface area contributed by atoms with E-state index in [4.69, 9.17) is 0 Å². The molecule has 0 aromatic heterocycles. The molecule has 0 aliphatic rings. The third kappa shape index (κ3) is 4.10. The Morgan fingerprint density at radius 1 is 0.400 bits per heavy atom. The van der Waals surface area contributed by atoms with Gasteiger partial charge in [-0.05, 0) is 153 Å². The molecule has 2 atom stereocenters. The molecule has 0 aliphatic heterocycles. The standard InChI is InChI=1S/C48H34O2/c1-3-28-10-5-20-39-41-25-34(22-30-13-8-17-36(45(30)41)27(2)43(28)39)47(49)32-15-4-16-33(24-32)48(50)35-23-31-14-9-19-38-37-18-6-11-29-12-7-21-40(44(29)37)42(26-35)46(31)38/h3-26,47-50H,1-2H3/b28-3-. The van der Waals surface area contributed by atoms with E-state index in [2.05, 4.69) is 135 Å². The minimum absolute atomic E-state index is 0.752. The lowest BCUT2D eigenvalue weighted by atomic mass is 9.86. The summed E-state index contributed by atoms with van der Waals surface area (Å²) < 4.78 is 0. The van der Waals surface area contributed by atoms with Crippen molar-refractivity contribution in [2.45, 2.75) is 26.1 Å². The number of hydrogen-bond donors (Lipinski definition) is 2. The molecule has 10 aromatic carbocycles. The van der Waals surface area contributed by atoms with Gasteiger partial charge >= 0.3 is 0 Å². The van der Waals surface area contributed by atoms with E-state index >= 15 is 0 Å². The molecule has 0 heterocycles. The molecule has 10 rings (SSSR count). The molecule has 0 saturated heterocycles. The zero-order chi connectivity index (χ0) is 33.7. The van der Waals surface area contributed by atoms with Gasteiger partial charge in [0.15, 0.2) is 0 Å². The van der Waals surface area contributed by atoms with Crippen LogP contribution in [0.25, 0.3) is 81.5 Å². The van der Waals surface area contributed by atoms with Gasteiger partial charge < -0.3 is 10.2 Å². The summed E-state index contributed by atoms with van der Waals surface area (Å²) in [6.45, 7) is 4.30. The number of aliphatic hydroxyl groups is 2. The Labute approximate surface area is 289 Å². The van der Waals surface area contributed by atoms with Gasteiger partial charge in [-0.3, -0.25) is 0 Å². The zero-order valence-electron chi connectivity index (χ0n) is 27.9. The van der Waals surface area contributed by atoms with Gasteiger partial charge in [0.2, 0.25) is 0 Å². The summed E-state index contributed by atoms with van der Waals surface area (Å²) in [5.41, 5.74) is 4.45. The van der Waals surface area contributed by atoms with Gasteiger partial charge in [0.25, 0.3) is 0 Å². The van der Waals surface area contributed by atoms with Crippen LogP contribution in [0.2, 0.25) is 0 Å². The molecule has 0 saturated carbocycles. The predicted octanol–water partition coefficient (Wildman–Crippen LogP) is 11.2. The van der Waals surface area contributed by atoms with Crippen LogP contribution in [0.4, 0.5) is 0 Å². The average molecular weight is 643 g/mol. The highest BCUT2D eigenvalue weighted by Crippen LogP contribution is 2.43. The molecule has 10 aromatic rings. The number of hydrogen-bond acceptors (Lipinski definition) is 2. The topological polar surface area (TPSA) is 40.5 Å². The van der Waals surface area contributed by atoms with Crippen molar-refractivity contribution in [3.8, 4) is 0 Å². The maximum absolute atomic E-state index is 12.0. The summed E-state index contributed by atoms with van der Waals surface area (Å²) in [5.74, 6) is 0. The van der Waals surface area contributed by atoms with Crippen molar-refractivity contribution >= 4 is 81.5 Å². The summed E-state index contributed by atoms with van der Waals surface area (Å²) in [5, 5.41) is 42.0. The van der Waals surface area contributed by atoms with Gasteiger partial charge in [-0.25, -0.2) is 0 Å². The fraction of sp³-hybridized carbons (Fsp3) is 0.0833. The number of aliphatic hydroxyl groups excluding tert-OH is 2. The number of rotatable bonds is 4. The van der Waals surface area contributed by atoms with Gasteiger partial charge in [0, 0.05) is 0 Å². The highest BCUT2D eigenvalue weighted by molar-refractivity contribution is 6.33. The largest absolute Gasteiger partial charge is 0.384 e. The number of aryl methyl sites for hydroxylation is 1. The summed E-state index contributed by atoms with van der Waals surface area (Å²) in [4.78, 5) is 0. The highest BCUT2D eigenvalue weighted by atomic mass is 16.3. The minimum Gasteiger partial charge on any atom is -0.384 e. The fourth-order valence-corrected chi connectivity index (χ4v) is 8.84. The van der Waals surface area contributed by atoms with Gasteiger partial charge in [0.1, 0.15) is 12.2 Å². The SMILES string of the molecule is C/C=c1/cccc2c1c(C)c1cccc3cc(C(O)c4cccc(C(O)c5cc6cccc7c8cccc9cccc(c(c5)c67)c98)c4)cc2c31. The molecule has 2 nitrogen and oxygen atoms in total. The first kappa shape index (κ1) is 29.1. The first-order chi connectivity index (χ1) is 24.5. The van der Waals surface area contributed by atoms with Crippen LogP contribution in [0.3, 0.4) is 0 Å². The summed E-state index contributed by atoms with van der Waals surface area (Å²) in [6, 6.07) is 48.8. The zero-order valence-corrected chi connectivity index (χ0v) is 27.9. The Kier molecular flexibility index (Phi) is 6.33. The second-order valence-corrected chi connectivity index (χ2v) is 13.8. The number of fused-ring (bicyclic) bond motifs is 4. The van der Waals surface area contributed by atoms with Gasteiger partial charge in [-0.2, -0.15) is 0 Å². The normalized spacial score (nSPS) is 14.0. The van der Waals surface area contributed by atoms with E-state index < -0.39 is 12.2 Å². The Bertz CT molecular complexity index is 3040. The molecule has 0 radical (unpaired) electrons. The summed E-state index contributed by atoms with van der Waals surface area (Å²) >= 11 is 0. The first-order valence-electron chi connectivity index (χ1n) is 17.4. The maximum atomic E-state index is 12.0. The predicted molar refractivity (Wildman–Crippen MR) is 211 cm³/mol. The van der Waals surface area contributed by atoms with Crippen LogP contribution in [0, 0.1) is 6.92 Å². The Hall–Kier alpha value is -5.80. The molecule has 50 heavy (non-hydrogen) atoms. The third-order valence-corrected chi connectivity index (χ3v) is 11.1. The van der Waals surface area contributed by atoms with Crippen molar-refractivity contribution in [2.75, 3.05) is 0 Å². The molecule has 0 bridgehead atoms. The summed E-state index contributed by atoms with van der Waals surface area (Å²) in [6.07, 6.45) is 0.445. The van der Waals surface area contributed by atoms with E-state index in [9.17, 15) is 10.2 Å². The average Bonchev–Trinajstić information content (AvgIpc) is 3.17. The Morgan fingerprint density at radius 3 is 1.38 bits per heavy atom. The van der Waals surface area contributed by atoms with E-state index in [-0.39, 0.29) is 0 Å². The quantitative estimate of drug-likeness (QED) is 0.148. The van der Waals surface area contributed by atoms with E-state index in [0.717, 1.165) is 43.8 Å². The molecule has 0 amide bonds. The van der Waals surface area contributed by atoms with E-state index in [1.165, 1.54) is 64.6 Å². The molecule has 2 unspecified atom stereocenters. The van der Waals surface area contributed by atoms with E-state index in [1.54, 1.807) is 0 Å². The molecule has 0 spiro atoms. The van der Waals surface area contributed by atoms with Crippen molar-refractivity contribution in [1.29, 1.82) is 0 Å². The molecular formula is C48H34O2. The van der Waals surface area contributed by atoms with Crippen LogP contribution in [-0.2, 0) is 0 Å². The first-order valence-corrected chi connectivity index (χ1v) is 17.4. The van der Waals surface area contributed by atoms with Crippen molar-refractivity contribution in [3.05, 3.63) is 173 Å². The fourth-order valence-electron chi connectivity index (χ4n) is 8.84. The lowest BCUT2D eigenvalue weighted by Crippen LogP contribution is -2.06. The van der Waals surface area contributed by atoms with Crippen LogP contribution in [-0.4, -0.2) is 10.2 Å². The second kappa shape index (κ2) is 10.9. The van der Waals surface area contributed by atoms with Gasteiger partial charge in [-0.1, -0.05) is 115 Å². The van der Waals surface area contributed by atoms with E-state index in [1.807, 2.05) is 24.3 Å². The van der Waals surface area contributed by atoms with Crippen LogP contribution in [0.15, 0.2) is 140 Å². The van der Waals surface area contributed by atoms with Crippen molar-refractivity contribution in [2.24, 2.45) is 0 Å². The van der Waals surface area contributed by atoms with Crippen LogP contribution < -0.4 is 5.22 Å². The molecule has 238 valence electrons. The monoisotopic (exact) mass is 642 g/mol. The van der Waals surface area contributed by atoms with Crippen molar-refractivity contribution in [1.82, 2.24) is 0 Å². The second-order valence-electron chi connectivity index (χ2n) is 13.8. The Balaban J connectivity index is 1.11. The molecule has 2 N–H and O–H groups in total. The van der Waals surface area contributed by atoms with Crippen LogP contribution in [0.1, 0.15) is 46.9 Å². The number of benzene rings is 10. The van der Waals surface area contributed by atoms with Crippen molar-refractivity contribution in [3.63, 3.8) is 0 Å². The molecule has 2 heteroatoms. The smallest absolute Gasteiger partial charge is 0.104 e. The van der Waals surface area contributed by atoms with Crippen LogP contribution in [0.5, 0.6) is 0 Å². The molecule has 0 aliphatic carbocycles.